The summed E-state index contributed by atoms with van der Waals surface area (Å²) in [7, 11) is 0. The Morgan fingerprint density at radius 3 is 3.06 bits per heavy atom. The second-order valence-corrected chi connectivity index (χ2v) is 4.18. The molecular weight excluding hydrogens is 202 g/mol. The summed E-state index contributed by atoms with van der Waals surface area (Å²) in [5.41, 5.74) is 1.48. The molecule has 0 spiro atoms. The molecule has 0 bridgehead atoms. The number of aliphatic hydroxyl groups excluding tert-OH is 1. The Balaban J connectivity index is 2.31. The van der Waals surface area contributed by atoms with E-state index in [4.69, 9.17) is 5.26 Å². The van der Waals surface area contributed by atoms with Gasteiger partial charge in [0.25, 0.3) is 0 Å². The minimum Gasteiger partial charge on any atom is -0.391 e. The molecule has 0 amide bonds. The van der Waals surface area contributed by atoms with Crippen molar-refractivity contribution < 1.29 is 5.11 Å². The summed E-state index contributed by atoms with van der Waals surface area (Å²) in [6, 6.07) is 5.78. The Kier molecular flexibility index (Phi) is 3.07. The third kappa shape index (κ3) is 2.15. The lowest BCUT2D eigenvalue weighted by atomic mass is 10.1. The molecule has 4 nitrogen and oxygen atoms in total. The summed E-state index contributed by atoms with van der Waals surface area (Å²) in [6.07, 6.45) is 1.48. The highest BCUT2D eigenvalue weighted by Crippen LogP contribution is 2.22. The molecule has 0 aliphatic carbocycles. The van der Waals surface area contributed by atoms with E-state index in [1.54, 1.807) is 6.07 Å². The van der Waals surface area contributed by atoms with Crippen LogP contribution in [0, 0.1) is 18.3 Å². The monoisotopic (exact) mass is 217 g/mol. The van der Waals surface area contributed by atoms with Gasteiger partial charge in [-0.05, 0) is 31.9 Å². The zero-order chi connectivity index (χ0) is 11.5. The number of rotatable bonds is 1. The van der Waals surface area contributed by atoms with E-state index in [0.717, 1.165) is 25.1 Å². The summed E-state index contributed by atoms with van der Waals surface area (Å²) >= 11 is 0. The molecule has 1 aromatic rings. The van der Waals surface area contributed by atoms with Crippen LogP contribution in [0.15, 0.2) is 12.1 Å². The van der Waals surface area contributed by atoms with Crippen LogP contribution in [0.2, 0.25) is 0 Å². The Morgan fingerprint density at radius 1 is 1.56 bits per heavy atom. The SMILES string of the molecule is Cc1ccc(C#N)c(N2CCC[C@H](O)C2)n1. The molecular formula is C12H15N3O. The second-order valence-electron chi connectivity index (χ2n) is 4.18. The average molecular weight is 217 g/mol. The van der Waals surface area contributed by atoms with Crippen molar-refractivity contribution in [3.8, 4) is 6.07 Å². The number of hydrogen-bond acceptors (Lipinski definition) is 4. The summed E-state index contributed by atoms with van der Waals surface area (Å²) in [4.78, 5) is 6.39. The highest BCUT2D eigenvalue weighted by atomic mass is 16.3. The molecule has 0 aromatic carbocycles. The number of nitrogens with zero attached hydrogens (tertiary/aromatic N) is 3. The van der Waals surface area contributed by atoms with Gasteiger partial charge in [0.05, 0.1) is 11.7 Å². The van der Waals surface area contributed by atoms with Gasteiger partial charge in [-0.25, -0.2) is 4.98 Å². The summed E-state index contributed by atoms with van der Waals surface area (Å²) < 4.78 is 0. The molecule has 1 fully saturated rings. The first-order valence-electron chi connectivity index (χ1n) is 5.51. The topological polar surface area (TPSA) is 60.2 Å². The quantitative estimate of drug-likeness (QED) is 0.768. The number of piperidine rings is 1. The van der Waals surface area contributed by atoms with Gasteiger partial charge in [0.2, 0.25) is 0 Å². The van der Waals surface area contributed by atoms with Crippen LogP contribution in [-0.2, 0) is 0 Å². The summed E-state index contributed by atoms with van der Waals surface area (Å²) in [5, 5.41) is 18.6. The minimum absolute atomic E-state index is 0.303. The highest BCUT2D eigenvalue weighted by molar-refractivity contribution is 5.54. The van der Waals surface area contributed by atoms with E-state index >= 15 is 0 Å². The van der Waals surface area contributed by atoms with Crippen molar-refractivity contribution in [2.75, 3.05) is 18.0 Å². The van der Waals surface area contributed by atoms with Gasteiger partial charge in [-0.1, -0.05) is 0 Å². The Hall–Kier alpha value is -1.60. The molecule has 0 radical (unpaired) electrons. The zero-order valence-corrected chi connectivity index (χ0v) is 9.35. The number of aliphatic hydroxyl groups is 1. The lowest BCUT2D eigenvalue weighted by Gasteiger charge is -2.31. The van der Waals surface area contributed by atoms with E-state index in [2.05, 4.69) is 11.1 Å². The molecule has 84 valence electrons. The second kappa shape index (κ2) is 4.50. The van der Waals surface area contributed by atoms with Crippen LogP contribution < -0.4 is 4.90 Å². The number of β-amino-alcohol motifs (C(OH)–C–C–N with tert-alkyl or cyclic N) is 1. The Labute approximate surface area is 95.1 Å². The van der Waals surface area contributed by atoms with Crippen molar-refractivity contribution in [2.45, 2.75) is 25.9 Å². The minimum atomic E-state index is -0.303. The predicted molar refractivity (Wildman–Crippen MR) is 61.1 cm³/mol. The fraction of sp³-hybridized carbons (Fsp3) is 0.500. The fourth-order valence-electron chi connectivity index (χ4n) is 2.02. The molecule has 1 atom stereocenters. The maximum Gasteiger partial charge on any atom is 0.146 e. The molecule has 1 aliphatic rings. The molecule has 4 heteroatoms. The van der Waals surface area contributed by atoms with E-state index in [0.29, 0.717) is 17.9 Å². The molecule has 0 saturated carbocycles. The number of anilines is 1. The molecule has 1 saturated heterocycles. The standard InChI is InChI=1S/C12H15N3O/c1-9-4-5-10(7-13)12(14-9)15-6-2-3-11(16)8-15/h4-5,11,16H,2-3,6,8H2,1H3/t11-/m0/s1. The predicted octanol–water partition coefficient (Wildman–Crippen LogP) is 1.22. The third-order valence-electron chi connectivity index (χ3n) is 2.83. The van der Waals surface area contributed by atoms with Crippen molar-refractivity contribution in [1.29, 1.82) is 5.26 Å². The van der Waals surface area contributed by atoms with Crippen LogP contribution in [0.3, 0.4) is 0 Å². The normalized spacial score (nSPS) is 20.6. The van der Waals surface area contributed by atoms with Crippen molar-refractivity contribution >= 4 is 5.82 Å². The van der Waals surface area contributed by atoms with Gasteiger partial charge in [0.15, 0.2) is 0 Å². The zero-order valence-electron chi connectivity index (χ0n) is 9.35. The number of nitriles is 1. The summed E-state index contributed by atoms with van der Waals surface area (Å²) in [6.45, 7) is 3.35. The van der Waals surface area contributed by atoms with E-state index in [1.165, 1.54) is 0 Å². The van der Waals surface area contributed by atoms with Crippen LogP contribution in [0.25, 0.3) is 0 Å². The van der Waals surface area contributed by atoms with E-state index in [-0.39, 0.29) is 6.10 Å². The van der Waals surface area contributed by atoms with Gasteiger partial charge in [0, 0.05) is 18.8 Å². The summed E-state index contributed by atoms with van der Waals surface area (Å²) in [5.74, 6) is 0.709. The van der Waals surface area contributed by atoms with Crippen LogP contribution in [0.1, 0.15) is 24.1 Å². The lowest BCUT2D eigenvalue weighted by molar-refractivity contribution is 0.154. The first-order valence-corrected chi connectivity index (χ1v) is 5.51. The van der Waals surface area contributed by atoms with Gasteiger partial charge in [-0.3, -0.25) is 0 Å². The average Bonchev–Trinajstić information content (AvgIpc) is 2.29. The van der Waals surface area contributed by atoms with Crippen LogP contribution in [0.5, 0.6) is 0 Å². The first-order chi connectivity index (χ1) is 7.70. The molecule has 1 N–H and O–H groups in total. The molecule has 2 rings (SSSR count). The smallest absolute Gasteiger partial charge is 0.146 e. The molecule has 1 aromatic heterocycles. The number of aryl methyl sites for hydroxylation is 1. The van der Waals surface area contributed by atoms with Crippen molar-refractivity contribution in [3.05, 3.63) is 23.4 Å². The molecule has 0 unspecified atom stereocenters. The van der Waals surface area contributed by atoms with Gasteiger partial charge in [-0.15, -0.1) is 0 Å². The third-order valence-corrected chi connectivity index (χ3v) is 2.83. The van der Waals surface area contributed by atoms with Gasteiger partial charge < -0.3 is 10.0 Å². The fourth-order valence-corrected chi connectivity index (χ4v) is 2.02. The van der Waals surface area contributed by atoms with E-state index < -0.39 is 0 Å². The maximum atomic E-state index is 9.62. The Bertz CT molecular complexity index is 425. The molecule has 16 heavy (non-hydrogen) atoms. The first kappa shape index (κ1) is 10.9. The van der Waals surface area contributed by atoms with E-state index in [1.807, 2.05) is 17.9 Å². The van der Waals surface area contributed by atoms with Gasteiger partial charge in [-0.2, -0.15) is 5.26 Å². The number of pyridine rings is 1. The van der Waals surface area contributed by atoms with Crippen molar-refractivity contribution in [2.24, 2.45) is 0 Å². The highest BCUT2D eigenvalue weighted by Gasteiger charge is 2.21. The van der Waals surface area contributed by atoms with Crippen molar-refractivity contribution in [3.63, 3.8) is 0 Å². The number of hydrogen-bond donors (Lipinski definition) is 1. The van der Waals surface area contributed by atoms with Gasteiger partial charge >= 0.3 is 0 Å². The molecule has 1 aliphatic heterocycles. The number of aromatic nitrogens is 1. The van der Waals surface area contributed by atoms with Crippen LogP contribution in [0.4, 0.5) is 5.82 Å². The van der Waals surface area contributed by atoms with E-state index in [9.17, 15) is 5.11 Å². The van der Waals surface area contributed by atoms with Crippen LogP contribution >= 0.6 is 0 Å². The van der Waals surface area contributed by atoms with Gasteiger partial charge in [0.1, 0.15) is 11.9 Å². The largest absolute Gasteiger partial charge is 0.391 e. The van der Waals surface area contributed by atoms with Crippen LogP contribution in [-0.4, -0.2) is 29.3 Å². The van der Waals surface area contributed by atoms with Crippen molar-refractivity contribution in [1.82, 2.24) is 4.98 Å². The lowest BCUT2D eigenvalue weighted by Crippen LogP contribution is -2.39. The Morgan fingerprint density at radius 2 is 2.38 bits per heavy atom. The molecule has 2 heterocycles. The maximum absolute atomic E-state index is 9.62.